The van der Waals surface area contributed by atoms with E-state index in [0.29, 0.717) is 36.0 Å². The first-order valence-electron chi connectivity index (χ1n) is 7.52. The molecule has 1 aliphatic rings. The van der Waals surface area contributed by atoms with Gasteiger partial charge in [-0.3, -0.25) is 24.6 Å². The number of imide groups is 1. The van der Waals surface area contributed by atoms with Crippen LogP contribution in [0.3, 0.4) is 0 Å². The summed E-state index contributed by atoms with van der Waals surface area (Å²) < 4.78 is 0. The average Bonchev–Trinajstić information content (AvgIpc) is 2.58. The van der Waals surface area contributed by atoms with E-state index in [9.17, 15) is 19.7 Å². The molecular weight excluding hydrogens is 383 g/mol. The molecule has 0 fully saturated rings. The first kappa shape index (κ1) is 21.8. The highest BCUT2D eigenvalue weighted by atomic mass is 35.5. The Bertz CT molecular complexity index is 860. The number of hydrogen-bond acceptors (Lipinski definition) is 6. The fourth-order valence-electron chi connectivity index (χ4n) is 2.87. The maximum absolute atomic E-state index is 12.7. The number of nitro groups is 1. The summed E-state index contributed by atoms with van der Waals surface area (Å²) >= 11 is 0. The van der Waals surface area contributed by atoms with Gasteiger partial charge in [0.25, 0.3) is 17.5 Å². The molecule has 10 heteroatoms. The van der Waals surface area contributed by atoms with Gasteiger partial charge in [0.2, 0.25) is 0 Å². The van der Waals surface area contributed by atoms with Crippen molar-refractivity contribution in [2.45, 2.75) is 0 Å². The van der Waals surface area contributed by atoms with E-state index in [4.69, 9.17) is 5.73 Å². The predicted octanol–water partition coefficient (Wildman–Crippen LogP) is 1.74. The van der Waals surface area contributed by atoms with E-state index in [1.165, 1.54) is 12.1 Å². The molecule has 8 nitrogen and oxygen atoms in total. The molecule has 3 rings (SSSR count). The van der Waals surface area contributed by atoms with Crippen LogP contribution >= 0.6 is 24.8 Å². The molecule has 0 saturated carbocycles. The molecule has 26 heavy (non-hydrogen) atoms. The lowest BCUT2D eigenvalue weighted by Gasteiger charge is -2.27. The van der Waals surface area contributed by atoms with Crippen molar-refractivity contribution in [3.05, 3.63) is 51.6 Å². The molecular formula is C16H18Cl2N4O4. The third kappa shape index (κ3) is 3.78. The molecule has 0 bridgehead atoms. The SMILES string of the molecule is Cl.Cl.NCCNCCN1C(=O)c2cccc3cc([N+](=O)[O-])cc(c23)C1=O. The van der Waals surface area contributed by atoms with Gasteiger partial charge < -0.3 is 11.1 Å². The molecule has 1 heterocycles. The lowest BCUT2D eigenvalue weighted by Crippen LogP contribution is -2.44. The van der Waals surface area contributed by atoms with Gasteiger partial charge in [0.1, 0.15) is 0 Å². The van der Waals surface area contributed by atoms with E-state index in [2.05, 4.69) is 5.32 Å². The lowest BCUT2D eigenvalue weighted by atomic mass is 9.93. The lowest BCUT2D eigenvalue weighted by molar-refractivity contribution is -0.384. The van der Waals surface area contributed by atoms with Crippen molar-refractivity contribution in [3.8, 4) is 0 Å². The summed E-state index contributed by atoms with van der Waals surface area (Å²) in [6, 6.07) is 7.56. The third-order valence-corrected chi connectivity index (χ3v) is 3.96. The first-order chi connectivity index (χ1) is 11.5. The Morgan fingerprint density at radius 2 is 1.77 bits per heavy atom. The summed E-state index contributed by atoms with van der Waals surface area (Å²) in [7, 11) is 0. The van der Waals surface area contributed by atoms with E-state index in [0.717, 1.165) is 4.90 Å². The highest BCUT2D eigenvalue weighted by Gasteiger charge is 2.33. The molecule has 2 amide bonds. The van der Waals surface area contributed by atoms with Crippen LogP contribution in [-0.2, 0) is 0 Å². The number of nitrogens with one attached hydrogen (secondary N) is 1. The van der Waals surface area contributed by atoms with Crippen LogP contribution in [0.2, 0.25) is 0 Å². The van der Waals surface area contributed by atoms with Gasteiger partial charge in [0, 0.05) is 49.3 Å². The number of benzene rings is 2. The predicted molar refractivity (Wildman–Crippen MR) is 102 cm³/mol. The minimum absolute atomic E-state index is 0. The number of nitrogens with two attached hydrogens (primary N) is 1. The molecule has 0 atom stereocenters. The number of carbonyl (C=O) groups excluding carboxylic acids is 2. The summed E-state index contributed by atoms with van der Waals surface area (Å²) in [5, 5.41) is 15.1. The molecule has 0 aliphatic carbocycles. The van der Waals surface area contributed by atoms with Crippen LogP contribution in [0.25, 0.3) is 10.8 Å². The summed E-state index contributed by atoms with van der Waals surface area (Å²) in [6.07, 6.45) is 0. The molecule has 0 unspecified atom stereocenters. The van der Waals surface area contributed by atoms with Crippen LogP contribution in [0, 0.1) is 10.1 Å². The van der Waals surface area contributed by atoms with Gasteiger partial charge in [-0.05, 0) is 11.5 Å². The van der Waals surface area contributed by atoms with Crippen molar-refractivity contribution in [3.63, 3.8) is 0 Å². The van der Waals surface area contributed by atoms with Crippen LogP contribution in [-0.4, -0.2) is 47.8 Å². The van der Waals surface area contributed by atoms with Gasteiger partial charge >= 0.3 is 0 Å². The fraction of sp³-hybridized carbons (Fsp3) is 0.250. The topological polar surface area (TPSA) is 119 Å². The van der Waals surface area contributed by atoms with Gasteiger partial charge in [-0.25, -0.2) is 0 Å². The fourth-order valence-corrected chi connectivity index (χ4v) is 2.87. The van der Waals surface area contributed by atoms with Crippen molar-refractivity contribution >= 4 is 53.1 Å². The molecule has 0 radical (unpaired) electrons. The van der Waals surface area contributed by atoms with Gasteiger partial charge in [-0.2, -0.15) is 0 Å². The number of rotatable bonds is 6. The Hall–Kier alpha value is -2.26. The Morgan fingerprint density at radius 1 is 1.08 bits per heavy atom. The molecule has 0 saturated heterocycles. The Balaban J connectivity index is 0.00000169. The molecule has 0 aromatic heterocycles. The number of non-ortho nitro benzene ring substituents is 1. The normalized spacial score (nSPS) is 12.6. The molecule has 2 aromatic carbocycles. The number of nitro benzene ring substituents is 1. The van der Waals surface area contributed by atoms with Crippen molar-refractivity contribution in [1.82, 2.24) is 10.2 Å². The van der Waals surface area contributed by atoms with E-state index < -0.39 is 10.8 Å². The zero-order valence-electron chi connectivity index (χ0n) is 13.6. The summed E-state index contributed by atoms with van der Waals surface area (Å²) in [4.78, 5) is 37.0. The molecule has 2 aromatic rings. The number of amides is 2. The van der Waals surface area contributed by atoms with E-state index in [1.807, 2.05) is 0 Å². The number of carbonyl (C=O) groups is 2. The second-order valence-corrected chi connectivity index (χ2v) is 5.45. The molecule has 0 spiro atoms. The first-order valence-corrected chi connectivity index (χ1v) is 7.52. The third-order valence-electron chi connectivity index (χ3n) is 3.96. The van der Waals surface area contributed by atoms with E-state index in [-0.39, 0.29) is 48.5 Å². The van der Waals surface area contributed by atoms with Crippen LogP contribution in [0.1, 0.15) is 20.7 Å². The molecule has 140 valence electrons. The van der Waals surface area contributed by atoms with Crippen molar-refractivity contribution < 1.29 is 14.5 Å². The highest BCUT2D eigenvalue weighted by Crippen LogP contribution is 2.33. The van der Waals surface area contributed by atoms with Gasteiger partial charge in [0.15, 0.2) is 0 Å². The zero-order chi connectivity index (χ0) is 17.3. The van der Waals surface area contributed by atoms with E-state index >= 15 is 0 Å². The monoisotopic (exact) mass is 400 g/mol. The highest BCUT2D eigenvalue weighted by molar-refractivity contribution is 6.25. The quantitative estimate of drug-likeness (QED) is 0.329. The van der Waals surface area contributed by atoms with Crippen LogP contribution in [0.4, 0.5) is 5.69 Å². The van der Waals surface area contributed by atoms with E-state index in [1.54, 1.807) is 18.2 Å². The second-order valence-electron chi connectivity index (χ2n) is 5.45. The summed E-state index contributed by atoms with van der Waals surface area (Å²) in [5.41, 5.74) is 5.79. The second kappa shape index (κ2) is 8.91. The minimum atomic E-state index is -0.542. The Morgan fingerprint density at radius 3 is 2.42 bits per heavy atom. The van der Waals surface area contributed by atoms with Crippen molar-refractivity contribution in [2.75, 3.05) is 26.2 Å². The van der Waals surface area contributed by atoms with Crippen LogP contribution in [0.15, 0.2) is 30.3 Å². The van der Waals surface area contributed by atoms with Crippen LogP contribution < -0.4 is 11.1 Å². The standard InChI is InChI=1S/C16H16N4O4.2ClH/c17-4-5-18-6-7-19-15(21)12-3-1-2-10-8-11(20(23)24)9-13(14(10)12)16(19)22;;/h1-3,8-9,18H,4-7,17H2;2*1H. The summed E-state index contributed by atoms with van der Waals surface area (Å²) in [5.74, 6) is -0.900. The minimum Gasteiger partial charge on any atom is -0.329 e. The largest absolute Gasteiger partial charge is 0.329 e. The van der Waals surface area contributed by atoms with Gasteiger partial charge in [-0.1, -0.05) is 12.1 Å². The van der Waals surface area contributed by atoms with Crippen LogP contribution in [0.5, 0.6) is 0 Å². The van der Waals surface area contributed by atoms with Crippen molar-refractivity contribution in [2.24, 2.45) is 5.73 Å². The maximum atomic E-state index is 12.7. The molecule has 3 N–H and O–H groups in total. The number of halogens is 2. The van der Waals surface area contributed by atoms with Gasteiger partial charge in [0.05, 0.1) is 10.5 Å². The molecule has 1 aliphatic heterocycles. The van der Waals surface area contributed by atoms with Crippen molar-refractivity contribution in [1.29, 1.82) is 0 Å². The zero-order valence-corrected chi connectivity index (χ0v) is 15.3. The maximum Gasteiger partial charge on any atom is 0.270 e. The van der Waals surface area contributed by atoms with Gasteiger partial charge in [-0.15, -0.1) is 24.8 Å². The Kier molecular flexibility index (Phi) is 7.46. The average molecular weight is 401 g/mol. The summed E-state index contributed by atoms with van der Waals surface area (Å²) in [6.45, 7) is 1.62. The number of nitrogens with zero attached hydrogens (tertiary/aromatic N) is 2. The number of hydrogen-bond donors (Lipinski definition) is 2. The Labute approximate surface area is 161 Å². The smallest absolute Gasteiger partial charge is 0.270 e.